The summed E-state index contributed by atoms with van der Waals surface area (Å²) in [5.41, 5.74) is 8.03. The fraction of sp³-hybridized carbons (Fsp3) is 0.359. The molecule has 1 aliphatic rings. The van der Waals surface area contributed by atoms with E-state index in [4.69, 9.17) is 31.3 Å². The van der Waals surface area contributed by atoms with E-state index in [1.54, 1.807) is 17.8 Å². The van der Waals surface area contributed by atoms with Gasteiger partial charge in [-0.2, -0.15) is 10.2 Å². The number of hydrogen-bond acceptors (Lipinski definition) is 7. The number of halogens is 2. The van der Waals surface area contributed by atoms with Gasteiger partial charge in [-0.1, -0.05) is 17.7 Å². The van der Waals surface area contributed by atoms with Crippen LogP contribution in [0.5, 0.6) is 5.75 Å². The second-order valence-electron chi connectivity index (χ2n) is 13.1. The van der Waals surface area contributed by atoms with Crippen molar-refractivity contribution in [2.75, 3.05) is 26.4 Å². The maximum atomic E-state index is 14.4. The highest BCUT2D eigenvalue weighted by atomic mass is 35.5. The number of ether oxygens (including phenoxy) is 2. The van der Waals surface area contributed by atoms with Crippen LogP contribution >= 0.6 is 23.4 Å². The molecule has 0 radical (unpaired) electrons. The number of nitrogens with zero attached hydrogens (tertiary/aromatic N) is 5. The van der Waals surface area contributed by atoms with Gasteiger partial charge in [-0.05, 0) is 92.1 Å². The topological polar surface area (TPSA) is 117 Å². The SMILES string of the molecule is Cc1nn(CCOCCO)c2c1-c1c(Cl)ccc3c1c(C)c(C(=O)O)n3CCCOc1cc(cc3cc(F)ccc13)CCc1cc(nn1C)CSC2. The molecule has 6 aromatic rings. The molecule has 7 rings (SSSR count). The van der Waals surface area contributed by atoms with Gasteiger partial charge in [-0.25, -0.2) is 9.18 Å². The summed E-state index contributed by atoms with van der Waals surface area (Å²) in [4.78, 5) is 12.9. The lowest BCUT2D eigenvalue weighted by atomic mass is 9.97. The van der Waals surface area contributed by atoms with Crippen molar-refractivity contribution in [3.05, 3.63) is 99.0 Å². The first-order valence-corrected chi connectivity index (χ1v) is 18.9. The molecule has 10 nitrogen and oxygen atoms in total. The number of fused-ring (bicyclic) bond motifs is 8. The highest BCUT2D eigenvalue weighted by molar-refractivity contribution is 7.97. The largest absolute Gasteiger partial charge is 0.493 e. The van der Waals surface area contributed by atoms with E-state index in [2.05, 4.69) is 6.07 Å². The molecule has 0 amide bonds. The zero-order chi connectivity index (χ0) is 36.5. The number of thioether (sulfide) groups is 1. The molecule has 0 unspecified atom stereocenters. The predicted molar refractivity (Wildman–Crippen MR) is 202 cm³/mol. The number of carboxylic acid groups (broad SMARTS) is 1. The number of benzene rings is 3. The molecule has 3 aromatic heterocycles. The Balaban J connectivity index is 1.35. The van der Waals surface area contributed by atoms with Gasteiger partial charge in [0.05, 0.1) is 50.1 Å². The van der Waals surface area contributed by atoms with Crippen molar-refractivity contribution in [2.24, 2.45) is 7.05 Å². The first kappa shape index (κ1) is 36.0. The summed E-state index contributed by atoms with van der Waals surface area (Å²) in [6.07, 6.45) is 1.99. The Morgan fingerprint density at radius 2 is 1.90 bits per heavy atom. The number of carboxylic acids is 1. The number of aliphatic hydroxyl groups is 1. The first-order chi connectivity index (χ1) is 25.1. The Morgan fingerprint density at radius 3 is 2.71 bits per heavy atom. The minimum atomic E-state index is -1.02. The molecule has 0 atom stereocenters. The van der Waals surface area contributed by atoms with Crippen molar-refractivity contribution in [1.82, 2.24) is 24.1 Å². The van der Waals surface area contributed by atoms with Gasteiger partial charge in [0.15, 0.2) is 0 Å². The van der Waals surface area contributed by atoms with Gasteiger partial charge in [0.25, 0.3) is 0 Å². The van der Waals surface area contributed by atoms with Crippen LogP contribution in [0.3, 0.4) is 0 Å². The second-order valence-corrected chi connectivity index (χ2v) is 14.5. The molecule has 13 heteroatoms. The lowest BCUT2D eigenvalue weighted by Gasteiger charge is -2.14. The van der Waals surface area contributed by atoms with Crippen molar-refractivity contribution < 1.29 is 28.9 Å². The van der Waals surface area contributed by atoms with E-state index >= 15 is 0 Å². The molecule has 272 valence electrons. The van der Waals surface area contributed by atoms with Crippen LogP contribution in [0.1, 0.15) is 50.8 Å². The minimum Gasteiger partial charge on any atom is -0.493 e. The molecule has 0 spiro atoms. The number of hydrogen-bond donors (Lipinski definition) is 2. The van der Waals surface area contributed by atoms with Crippen LogP contribution in [0.15, 0.2) is 48.5 Å². The number of aromatic carboxylic acids is 1. The van der Waals surface area contributed by atoms with Gasteiger partial charge < -0.3 is 24.3 Å². The summed E-state index contributed by atoms with van der Waals surface area (Å²) in [5.74, 6) is 0.586. The fourth-order valence-corrected chi connectivity index (χ4v) is 8.59. The molecule has 0 saturated heterocycles. The van der Waals surface area contributed by atoms with E-state index in [1.165, 1.54) is 12.1 Å². The average Bonchev–Trinajstić information content (AvgIpc) is 3.72. The van der Waals surface area contributed by atoms with Crippen molar-refractivity contribution >= 4 is 51.0 Å². The number of aryl methyl sites for hydroxylation is 6. The van der Waals surface area contributed by atoms with E-state index < -0.39 is 5.97 Å². The summed E-state index contributed by atoms with van der Waals surface area (Å²) in [7, 11) is 1.96. The number of aliphatic hydroxyl groups excluding tert-OH is 1. The van der Waals surface area contributed by atoms with Crippen LogP contribution in [0.2, 0.25) is 5.02 Å². The summed E-state index contributed by atoms with van der Waals surface area (Å²) < 4.78 is 32.1. The average molecular weight is 746 g/mol. The van der Waals surface area contributed by atoms with Crippen molar-refractivity contribution in [1.29, 1.82) is 0 Å². The monoisotopic (exact) mass is 745 g/mol. The molecule has 4 heterocycles. The van der Waals surface area contributed by atoms with Crippen LogP contribution in [-0.4, -0.2) is 66.7 Å². The third-order valence-corrected chi connectivity index (χ3v) is 11.0. The first-order valence-electron chi connectivity index (χ1n) is 17.4. The van der Waals surface area contributed by atoms with Crippen molar-refractivity contribution in [3.8, 4) is 16.9 Å². The fourth-order valence-electron chi connectivity index (χ4n) is 7.40. The lowest BCUT2D eigenvalue weighted by molar-refractivity contribution is 0.0684. The van der Waals surface area contributed by atoms with Crippen LogP contribution in [-0.2, 0) is 49.2 Å². The smallest absolute Gasteiger partial charge is 0.352 e. The van der Waals surface area contributed by atoms with Crippen LogP contribution in [0.25, 0.3) is 32.8 Å². The number of carbonyl (C=O) groups is 1. The number of aromatic nitrogens is 5. The molecule has 0 aliphatic carbocycles. The Labute approximate surface area is 310 Å². The minimum absolute atomic E-state index is 0.0625. The Bertz CT molecular complexity index is 2300. The zero-order valence-corrected chi connectivity index (χ0v) is 31.0. The quantitative estimate of drug-likeness (QED) is 0.168. The van der Waals surface area contributed by atoms with Crippen molar-refractivity contribution in [2.45, 2.75) is 57.7 Å². The lowest BCUT2D eigenvalue weighted by Crippen LogP contribution is -2.12. The van der Waals surface area contributed by atoms with E-state index in [0.717, 1.165) is 67.6 Å². The van der Waals surface area contributed by atoms with Gasteiger partial charge in [0, 0.05) is 63.2 Å². The Morgan fingerprint density at radius 1 is 1.06 bits per heavy atom. The zero-order valence-electron chi connectivity index (χ0n) is 29.4. The van der Waals surface area contributed by atoms with Crippen LogP contribution in [0, 0.1) is 19.7 Å². The van der Waals surface area contributed by atoms with Gasteiger partial charge in [-0.3, -0.25) is 9.36 Å². The maximum absolute atomic E-state index is 14.4. The highest BCUT2D eigenvalue weighted by Gasteiger charge is 2.27. The van der Waals surface area contributed by atoms with E-state index in [0.29, 0.717) is 67.0 Å². The second kappa shape index (κ2) is 15.3. The van der Waals surface area contributed by atoms with Gasteiger partial charge >= 0.3 is 5.97 Å². The molecular formula is C39H41ClFN5O5S. The van der Waals surface area contributed by atoms with Gasteiger partial charge in [0.2, 0.25) is 0 Å². The van der Waals surface area contributed by atoms with Crippen molar-refractivity contribution in [3.63, 3.8) is 0 Å². The highest BCUT2D eigenvalue weighted by Crippen LogP contribution is 2.43. The normalized spacial score (nSPS) is 14.0. The Hall–Kier alpha value is -4.36. The molecule has 8 bridgehead atoms. The molecule has 0 saturated carbocycles. The molecule has 2 N–H and O–H groups in total. The molecule has 52 heavy (non-hydrogen) atoms. The molecule has 0 fully saturated rings. The van der Waals surface area contributed by atoms with E-state index in [1.807, 2.05) is 59.1 Å². The summed E-state index contributed by atoms with van der Waals surface area (Å²) in [5, 5.41) is 32.4. The van der Waals surface area contributed by atoms with E-state index in [-0.39, 0.29) is 24.7 Å². The molecular weight excluding hydrogens is 705 g/mol. The Kier molecular flexibility index (Phi) is 10.6. The summed E-state index contributed by atoms with van der Waals surface area (Å²) in [6.45, 7) is 5.52. The third-order valence-electron chi connectivity index (χ3n) is 9.70. The van der Waals surface area contributed by atoms with Gasteiger partial charge in [0.1, 0.15) is 17.3 Å². The summed E-state index contributed by atoms with van der Waals surface area (Å²) in [6, 6.07) is 14.6. The van der Waals surface area contributed by atoms with Gasteiger partial charge in [-0.15, -0.1) is 11.8 Å². The predicted octanol–water partition coefficient (Wildman–Crippen LogP) is 7.51. The molecule has 3 aromatic carbocycles. The van der Waals surface area contributed by atoms with Crippen LogP contribution < -0.4 is 4.74 Å². The van der Waals surface area contributed by atoms with E-state index in [9.17, 15) is 19.4 Å². The number of rotatable bonds is 6. The summed E-state index contributed by atoms with van der Waals surface area (Å²) >= 11 is 8.78. The third kappa shape index (κ3) is 7.04. The standard InChI is InChI=1S/C39H41ClFN5O5S/c1-23-35-32-10-9-31(40)37(35)36-24(2)42-46(12-15-50-16-13-47)33(36)22-52-21-28-20-29(44(3)43-28)7-5-25-17-26-19-27(41)6-8-30(26)34(18-25)51-14-4-11-45(32)38(23)39(48)49/h6,8-10,17-20,47H,4-5,7,11-16,21-22H2,1-3H3,(H,48,49). The van der Waals surface area contributed by atoms with Crippen LogP contribution in [0.4, 0.5) is 4.39 Å². The maximum Gasteiger partial charge on any atom is 0.352 e. The molecule has 1 aliphatic heterocycles.